The first-order valence-electron chi connectivity index (χ1n) is 11.4. The first-order valence-corrected chi connectivity index (χ1v) is 11.8. The smallest absolute Gasteiger partial charge is 0.416 e. The largest absolute Gasteiger partial charge is 0.423 e. The number of carbonyl (C=O) groups is 3. The van der Waals surface area contributed by atoms with Gasteiger partial charge in [-0.2, -0.15) is 13.2 Å². The topological polar surface area (TPSA) is 75.7 Å². The molecule has 0 saturated heterocycles. The molecule has 38 heavy (non-hydrogen) atoms. The summed E-state index contributed by atoms with van der Waals surface area (Å²) in [6.45, 7) is 6.22. The SMILES string of the molecule is CC(C)(C)c1ccc(OC(=O)c2ccc(NC3=C(Cl)C(=O)N(c4cccc(C(F)(F)F)c4)C3=O)cc2)cc1. The van der Waals surface area contributed by atoms with E-state index in [-0.39, 0.29) is 22.4 Å². The van der Waals surface area contributed by atoms with Crippen LogP contribution in [0.3, 0.4) is 0 Å². The average Bonchev–Trinajstić information content (AvgIpc) is 3.06. The van der Waals surface area contributed by atoms with E-state index in [1.807, 2.05) is 12.1 Å². The lowest BCUT2D eigenvalue weighted by atomic mass is 9.87. The summed E-state index contributed by atoms with van der Waals surface area (Å²) in [5.74, 6) is -2.09. The normalized spacial score (nSPS) is 14.2. The molecule has 0 atom stereocenters. The molecule has 1 N–H and O–H groups in total. The molecule has 0 aliphatic carbocycles. The van der Waals surface area contributed by atoms with E-state index in [2.05, 4.69) is 26.1 Å². The summed E-state index contributed by atoms with van der Waals surface area (Å²) in [7, 11) is 0. The number of benzene rings is 3. The van der Waals surface area contributed by atoms with Crippen LogP contribution in [0.1, 0.15) is 42.3 Å². The maximum atomic E-state index is 13.1. The summed E-state index contributed by atoms with van der Waals surface area (Å²) >= 11 is 6.07. The van der Waals surface area contributed by atoms with Crippen LogP contribution in [0.5, 0.6) is 5.75 Å². The maximum absolute atomic E-state index is 13.1. The Kier molecular flexibility index (Phi) is 7.08. The third-order valence-electron chi connectivity index (χ3n) is 5.78. The van der Waals surface area contributed by atoms with Gasteiger partial charge in [-0.25, -0.2) is 9.69 Å². The number of alkyl halides is 3. The number of hydrogen-bond donors (Lipinski definition) is 1. The monoisotopic (exact) mass is 542 g/mol. The number of nitrogens with zero attached hydrogens (tertiary/aromatic N) is 1. The number of halogens is 4. The van der Waals surface area contributed by atoms with Crippen molar-refractivity contribution in [3.05, 3.63) is 100 Å². The Morgan fingerprint density at radius 3 is 2.08 bits per heavy atom. The van der Waals surface area contributed by atoms with Gasteiger partial charge >= 0.3 is 12.1 Å². The number of esters is 1. The van der Waals surface area contributed by atoms with Crippen molar-refractivity contribution >= 4 is 40.8 Å². The molecule has 0 aromatic heterocycles. The van der Waals surface area contributed by atoms with Crippen LogP contribution in [0.25, 0.3) is 0 Å². The number of anilines is 2. The molecular formula is C28H22ClF3N2O4. The number of nitrogens with one attached hydrogen (secondary N) is 1. The van der Waals surface area contributed by atoms with Crippen molar-refractivity contribution < 1.29 is 32.3 Å². The van der Waals surface area contributed by atoms with E-state index in [1.165, 1.54) is 30.3 Å². The fourth-order valence-corrected chi connectivity index (χ4v) is 3.90. The van der Waals surface area contributed by atoms with Gasteiger partial charge in [-0.05, 0) is 65.6 Å². The highest BCUT2D eigenvalue weighted by atomic mass is 35.5. The lowest BCUT2D eigenvalue weighted by Gasteiger charge is -2.19. The molecule has 0 spiro atoms. The summed E-state index contributed by atoms with van der Waals surface area (Å²) < 4.78 is 44.7. The fraction of sp³-hybridized carbons (Fsp3) is 0.179. The zero-order valence-electron chi connectivity index (χ0n) is 20.5. The molecule has 0 fully saturated rings. The summed E-state index contributed by atoms with van der Waals surface area (Å²) in [6.07, 6.45) is -4.65. The number of carbonyl (C=O) groups excluding carboxylic acids is 3. The van der Waals surface area contributed by atoms with Crippen molar-refractivity contribution in [1.82, 2.24) is 0 Å². The third-order valence-corrected chi connectivity index (χ3v) is 6.13. The Morgan fingerprint density at radius 2 is 1.50 bits per heavy atom. The van der Waals surface area contributed by atoms with Crippen LogP contribution in [0, 0.1) is 0 Å². The van der Waals surface area contributed by atoms with Crippen LogP contribution in [0.4, 0.5) is 24.5 Å². The van der Waals surface area contributed by atoms with Crippen molar-refractivity contribution in [2.45, 2.75) is 32.4 Å². The van der Waals surface area contributed by atoms with Gasteiger partial charge in [0.1, 0.15) is 16.5 Å². The number of hydrogen-bond acceptors (Lipinski definition) is 5. The number of amides is 2. The van der Waals surface area contributed by atoms with E-state index in [4.69, 9.17) is 16.3 Å². The fourth-order valence-electron chi connectivity index (χ4n) is 3.69. The molecule has 2 amide bonds. The molecule has 10 heteroatoms. The number of rotatable bonds is 5. The third kappa shape index (κ3) is 5.57. The Balaban J connectivity index is 1.46. The lowest BCUT2D eigenvalue weighted by molar-refractivity contribution is -0.137. The van der Waals surface area contributed by atoms with Crippen molar-refractivity contribution in [2.75, 3.05) is 10.2 Å². The second-order valence-corrected chi connectivity index (χ2v) is 9.93. The highest BCUT2D eigenvalue weighted by molar-refractivity contribution is 6.53. The van der Waals surface area contributed by atoms with Crippen molar-refractivity contribution in [1.29, 1.82) is 0 Å². The number of imide groups is 1. The molecule has 0 radical (unpaired) electrons. The van der Waals surface area contributed by atoms with Crippen LogP contribution in [-0.4, -0.2) is 17.8 Å². The molecule has 0 saturated carbocycles. The summed E-state index contributed by atoms with van der Waals surface area (Å²) in [4.78, 5) is 38.6. The predicted molar refractivity (Wildman–Crippen MR) is 137 cm³/mol. The molecule has 1 aliphatic heterocycles. The van der Waals surface area contributed by atoms with Crippen molar-refractivity contribution in [3.8, 4) is 5.75 Å². The van der Waals surface area contributed by atoms with Gasteiger partial charge in [0.15, 0.2) is 0 Å². The molecule has 6 nitrogen and oxygen atoms in total. The molecule has 1 heterocycles. The molecule has 3 aromatic carbocycles. The van der Waals surface area contributed by atoms with Gasteiger partial charge in [0, 0.05) is 5.69 Å². The van der Waals surface area contributed by atoms with Crippen LogP contribution in [0.15, 0.2) is 83.5 Å². The second kappa shape index (κ2) is 9.98. The Labute approximate surface area is 221 Å². The number of ether oxygens (including phenoxy) is 1. The Bertz CT molecular complexity index is 1440. The maximum Gasteiger partial charge on any atom is 0.416 e. The van der Waals surface area contributed by atoms with E-state index in [1.54, 1.807) is 12.1 Å². The summed E-state index contributed by atoms with van der Waals surface area (Å²) in [6, 6.07) is 16.9. The molecule has 3 aromatic rings. The Hall–Kier alpha value is -4.11. The Morgan fingerprint density at radius 1 is 0.868 bits per heavy atom. The van der Waals surface area contributed by atoms with E-state index in [0.717, 1.165) is 17.7 Å². The average molecular weight is 543 g/mol. The van der Waals surface area contributed by atoms with Gasteiger partial charge in [0.05, 0.1) is 16.8 Å². The summed E-state index contributed by atoms with van der Waals surface area (Å²) in [5, 5.41) is 2.24. The molecule has 0 bridgehead atoms. The van der Waals surface area contributed by atoms with Crippen LogP contribution in [-0.2, 0) is 21.2 Å². The highest BCUT2D eigenvalue weighted by Gasteiger charge is 2.40. The molecule has 196 valence electrons. The van der Waals surface area contributed by atoms with Crippen LogP contribution < -0.4 is 15.0 Å². The first kappa shape index (κ1) is 26.9. The van der Waals surface area contributed by atoms with E-state index in [9.17, 15) is 27.6 Å². The van der Waals surface area contributed by atoms with Gasteiger partial charge in [-0.15, -0.1) is 0 Å². The molecule has 4 rings (SSSR count). The minimum absolute atomic E-state index is 0.0425. The minimum atomic E-state index is -4.65. The standard InChI is InChI=1S/C28H22ClF3N2O4/c1-27(2,3)17-9-13-21(14-10-17)38-26(37)16-7-11-19(12-8-16)33-23-22(29)24(35)34(25(23)36)20-6-4-5-18(15-20)28(30,31)32/h4-15,33H,1-3H3. The second-order valence-electron chi connectivity index (χ2n) is 9.55. The van der Waals surface area contributed by atoms with E-state index >= 15 is 0 Å². The van der Waals surface area contributed by atoms with Gasteiger partial charge < -0.3 is 10.1 Å². The van der Waals surface area contributed by atoms with E-state index < -0.39 is 34.6 Å². The van der Waals surface area contributed by atoms with Crippen molar-refractivity contribution in [2.24, 2.45) is 0 Å². The first-order chi connectivity index (χ1) is 17.8. The quantitative estimate of drug-likeness (QED) is 0.222. The predicted octanol–water partition coefficient (Wildman–Crippen LogP) is 6.66. The van der Waals surface area contributed by atoms with Crippen LogP contribution >= 0.6 is 11.6 Å². The zero-order chi connectivity index (χ0) is 27.8. The molecule has 0 unspecified atom stereocenters. The van der Waals surface area contributed by atoms with Gasteiger partial charge in [0.25, 0.3) is 11.8 Å². The lowest BCUT2D eigenvalue weighted by Crippen LogP contribution is -2.32. The van der Waals surface area contributed by atoms with Crippen LogP contribution in [0.2, 0.25) is 0 Å². The zero-order valence-corrected chi connectivity index (χ0v) is 21.3. The van der Waals surface area contributed by atoms with Gasteiger partial charge in [-0.3, -0.25) is 9.59 Å². The van der Waals surface area contributed by atoms with Gasteiger partial charge in [-0.1, -0.05) is 50.6 Å². The molecule has 1 aliphatic rings. The minimum Gasteiger partial charge on any atom is -0.423 e. The summed E-state index contributed by atoms with van der Waals surface area (Å²) in [5.41, 5.74) is 0.0139. The van der Waals surface area contributed by atoms with Gasteiger partial charge in [0.2, 0.25) is 0 Å². The molecular weight excluding hydrogens is 521 g/mol. The highest BCUT2D eigenvalue weighted by Crippen LogP contribution is 2.35. The van der Waals surface area contributed by atoms with Crippen molar-refractivity contribution in [3.63, 3.8) is 0 Å². The van der Waals surface area contributed by atoms with E-state index in [0.29, 0.717) is 22.4 Å².